The molecule has 2 aromatic carbocycles. The van der Waals surface area contributed by atoms with Gasteiger partial charge in [-0.15, -0.1) is 12.8 Å². The number of carbonyl (C=O) groups is 1. The fraction of sp³-hybridized carbons (Fsp3) is 0.211. The fourth-order valence-corrected chi connectivity index (χ4v) is 2.57. The van der Waals surface area contributed by atoms with Crippen LogP contribution in [0.2, 0.25) is 0 Å². The van der Waals surface area contributed by atoms with Crippen molar-refractivity contribution in [3.8, 4) is 12.8 Å². The smallest absolute Gasteiger partial charge is 0.193 e. The van der Waals surface area contributed by atoms with E-state index in [1.165, 1.54) is 11.1 Å². The minimum absolute atomic E-state index is 0.112. The summed E-state index contributed by atoms with van der Waals surface area (Å²) in [5.74, 6) is 0.112. The molecule has 106 valence electrons. The zero-order valence-electron chi connectivity index (χ0n) is 12.0. The van der Waals surface area contributed by atoms with Crippen molar-refractivity contribution < 1.29 is 4.79 Å². The summed E-state index contributed by atoms with van der Waals surface area (Å²) in [5, 5.41) is 3.39. The van der Waals surface area contributed by atoms with Gasteiger partial charge in [0.05, 0.1) is 0 Å². The Hall–Kier alpha value is -2.37. The molecule has 2 aromatic rings. The minimum atomic E-state index is 0.112. The molecule has 1 aliphatic rings. The number of rotatable bonds is 2. The topological polar surface area (TPSA) is 29.1 Å². The summed E-state index contributed by atoms with van der Waals surface area (Å²) in [6, 6.07) is 15.6. The molecule has 1 aliphatic heterocycles. The monoisotopic (exact) mass is 277 g/mol. The molecule has 0 spiro atoms. The largest absolute Gasteiger partial charge is 0.316 e. The zero-order chi connectivity index (χ0) is 15.1. The molecule has 0 bridgehead atoms. The summed E-state index contributed by atoms with van der Waals surface area (Å²) in [7, 11) is 0. The van der Waals surface area contributed by atoms with Gasteiger partial charge in [-0.25, -0.2) is 0 Å². The molecule has 0 fully saturated rings. The van der Waals surface area contributed by atoms with E-state index in [1.54, 1.807) is 0 Å². The number of hydrogen-bond donors (Lipinski definition) is 1. The Morgan fingerprint density at radius 3 is 2.24 bits per heavy atom. The number of terminal acetylenes is 1. The van der Waals surface area contributed by atoms with Crippen molar-refractivity contribution >= 4 is 5.78 Å². The third-order valence-electron chi connectivity index (χ3n) is 3.65. The van der Waals surface area contributed by atoms with Crippen molar-refractivity contribution in [2.24, 2.45) is 0 Å². The van der Waals surface area contributed by atoms with E-state index in [1.807, 2.05) is 36.4 Å². The molecule has 1 N–H and O–H groups in total. The molecule has 0 radical (unpaired) electrons. The van der Waals surface area contributed by atoms with Crippen molar-refractivity contribution in [3.63, 3.8) is 0 Å². The lowest BCUT2D eigenvalue weighted by Gasteiger charge is -2.08. The van der Waals surface area contributed by atoms with E-state index in [0.29, 0.717) is 0 Å². The van der Waals surface area contributed by atoms with Gasteiger partial charge in [-0.05, 0) is 43.1 Å². The van der Waals surface area contributed by atoms with Crippen LogP contribution in [0, 0.1) is 12.8 Å². The van der Waals surface area contributed by atoms with Crippen LogP contribution in [0.3, 0.4) is 0 Å². The van der Waals surface area contributed by atoms with E-state index in [4.69, 9.17) is 0 Å². The highest BCUT2D eigenvalue weighted by molar-refractivity contribution is 6.09. The summed E-state index contributed by atoms with van der Waals surface area (Å²) in [5.41, 5.74) is 4.24. The van der Waals surface area contributed by atoms with Crippen LogP contribution >= 0.6 is 0 Å². The number of benzene rings is 2. The van der Waals surface area contributed by atoms with Crippen LogP contribution in [0.15, 0.2) is 48.5 Å². The van der Waals surface area contributed by atoms with Crippen LogP contribution in [0.1, 0.15) is 27.0 Å². The zero-order valence-corrected chi connectivity index (χ0v) is 12.0. The predicted octanol–water partition coefficient (Wildman–Crippen LogP) is 2.86. The summed E-state index contributed by atoms with van der Waals surface area (Å²) in [6.07, 6.45) is 10.1. The molecule has 0 aromatic heterocycles. The Morgan fingerprint density at radius 2 is 1.52 bits per heavy atom. The highest BCUT2D eigenvalue weighted by atomic mass is 16.1. The lowest BCUT2D eigenvalue weighted by molar-refractivity contribution is 0.103. The van der Waals surface area contributed by atoms with Crippen LogP contribution in [-0.4, -0.2) is 18.9 Å². The van der Waals surface area contributed by atoms with Gasteiger partial charge in [0, 0.05) is 11.1 Å². The molecule has 2 nitrogen and oxygen atoms in total. The summed E-state index contributed by atoms with van der Waals surface area (Å²) in [6.45, 7) is 2.02. The summed E-state index contributed by atoms with van der Waals surface area (Å²) >= 11 is 0. The van der Waals surface area contributed by atoms with Gasteiger partial charge in [0.25, 0.3) is 0 Å². The Bertz CT molecular complexity index is 629. The van der Waals surface area contributed by atoms with Gasteiger partial charge in [-0.3, -0.25) is 4.79 Å². The minimum Gasteiger partial charge on any atom is -0.316 e. The molecule has 21 heavy (non-hydrogen) atoms. The van der Waals surface area contributed by atoms with Gasteiger partial charge < -0.3 is 5.32 Å². The highest BCUT2D eigenvalue weighted by Crippen LogP contribution is 2.18. The lowest BCUT2D eigenvalue weighted by Crippen LogP contribution is -2.16. The third-order valence-corrected chi connectivity index (χ3v) is 3.65. The van der Waals surface area contributed by atoms with Crippen LogP contribution < -0.4 is 5.32 Å². The summed E-state index contributed by atoms with van der Waals surface area (Å²) < 4.78 is 0. The second-order valence-electron chi connectivity index (χ2n) is 4.93. The molecule has 1 heterocycles. The van der Waals surface area contributed by atoms with Crippen LogP contribution in [0.4, 0.5) is 0 Å². The quantitative estimate of drug-likeness (QED) is 0.675. The van der Waals surface area contributed by atoms with Gasteiger partial charge in [0.15, 0.2) is 5.78 Å². The lowest BCUT2D eigenvalue weighted by atomic mass is 9.96. The molecule has 0 unspecified atom stereocenters. The van der Waals surface area contributed by atoms with E-state index in [9.17, 15) is 4.79 Å². The van der Waals surface area contributed by atoms with E-state index in [0.717, 1.165) is 37.1 Å². The Morgan fingerprint density at radius 1 is 0.857 bits per heavy atom. The molecule has 0 saturated heterocycles. The van der Waals surface area contributed by atoms with Gasteiger partial charge in [0.1, 0.15) is 0 Å². The maximum Gasteiger partial charge on any atom is 0.193 e. The standard InChI is InChI=1S/C17H17NO.C2H2/c19-17(14-4-2-1-3-5-14)16-7-6-13-8-10-18-11-9-15(13)12-16;1-2/h1-7,12,18H,8-11H2;1-2H. The van der Waals surface area contributed by atoms with E-state index in [-0.39, 0.29) is 5.78 Å². The molecule has 3 rings (SSSR count). The van der Waals surface area contributed by atoms with E-state index in [2.05, 4.69) is 30.3 Å². The Labute approximate surface area is 126 Å². The fourth-order valence-electron chi connectivity index (χ4n) is 2.57. The van der Waals surface area contributed by atoms with Crippen LogP contribution in [-0.2, 0) is 12.8 Å². The van der Waals surface area contributed by atoms with Crippen LogP contribution in [0.25, 0.3) is 0 Å². The van der Waals surface area contributed by atoms with Gasteiger partial charge in [0.2, 0.25) is 0 Å². The van der Waals surface area contributed by atoms with Gasteiger partial charge in [-0.1, -0.05) is 42.5 Å². The Kier molecular flexibility index (Phi) is 5.31. The number of ketones is 1. The van der Waals surface area contributed by atoms with Crippen molar-refractivity contribution in [2.75, 3.05) is 13.1 Å². The molecule has 2 heteroatoms. The number of nitrogens with one attached hydrogen (secondary N) is 1. The molecular formula is C19H19NO. The molecule has 0 aliphatic carbocycles. The first-order chi connectivity index (χ1) is 10.3. The Balaban J connectivity index is 0.000000774. The number of carbonyl (C=O) groups excluding carboxylic acids is 1. The van der Waals surface area contributed by atoms with E-state index >= 15 is 0 Å². The van der Waals surface area contributed by atoms with Crippen LogP contribution in [0.5, 0.6) is 0 Å². The van der Waals surface area contributed by atoms with Crippen molar-refractivity contribution in [1.82, 2.24) is 5.32 Å². The average Bonchev–Trinajstić information content (AvgIpc) is 2.81. The van der Waals surface area contributed by atoms with Gasteiger partial charge >= 0.3 is 0 Å². The average molecular weight is 277 g/mol. The normalized spacial score (nSPS) is 13.2. The van der Waals surface area contributed by atoms with Crippen molar-refractivity contribution in [1.29, 1.82) is 0 Å². The first kappa shape index (κ1) is 15.0. The molecule has 0 atom stereocenters. The molecular weight excluding hydrogens is 258 g/mol. The second-order valence-corrected chi connectivity index (χ2v) is 4.93. The first-order valence-corrected chi connectivity index (χ1v) is 7.10. The third kappa shape index (κ3) is 3.59. The van der Waals surface area contributed by atoms with Gasteiger partial charge in [-0.2, -0.15) is 0 Å². The summed E-state index contributed by atoms with van der Waals surface area (Å²) in [4.78, 5) is 12.4. The molecule has 0 amide bonds. The predicted molar refractivity (Wildman–Crippen MR) is 86.5 cm³/mol. The maximum absolute atomic E-state index is 12.4. The number of hydrogen-bond acceptors (Lipinski definition) is 2. The first-order valence-electron chi connectivity index (χ1n) is 7.10. The molecule has 0 saturated carbocycles. The maximum atomic E-state index is 12.4. The van der Waals surface area contributed by atoms with E-state index < -0.39 is 0 Å². The number of fused-ring (bicyclic) bond motifs is 1. The van der Waals surface area contributed by atoms with Crippen molar-refractivity contribution in [3.05, 3.63) is 70.8 Å². The highest BCUT2D eigenvalue weighted by Gasteiger charge is 2.12. The SMILES string of the molecule is C#C.O=C(c1ccccc1)c1ccc2c(c1)CCNCC2. The second kappa shape index (κ2) is 7.42. The van der Waals surface area contributed by atoms with Crippen molar-refractivity contribution in [2.45, 2.75) is 12.8 Å².